The Balaban J connectivity index is 2.13. The van der Waals surface area contributed by atoms with E-state index in [1.807, 2.05) is 13.0 Å². The van der Waals surface area contributed by atoms with Crippen molar-refractivity contribution in [2.45, 2.75) is 11.1 Å². The van der Waals surface area contributed by atoms with Crippen LogP contribution in [0.1, 0.15) is 12.6 Å². The minimum atomic E-state index is -3.63. The summed E-state index contributed by atoms with van der Waals surface area (Å²) in [4.78, 5) is 3.76. The van der Waals surface area contributed by atoms with E-state index in [0.717, 1.165) is 5.39 Å². The van der Waals surface area contributed by atoms with E-state index < -0.39 is 10.0 Å². The number of halogens is 1. The number of anilines is 1. The van der Waals surface area contributed by atoms with E-state index in [9.17, 15) is 8.42 Å². The SMILES string of the molecule is CCNC(=S)c1cc2c(Cl)ccc(N(C)S(=O)(=O)c3cccs3)c2[nH]1. The highest BCUT2D eigenvalue weighted by molar-refractivity contribution is 7.94. The van der Waals surface area contributed by atoms with Crippen molar-refractivity contribution < 1.29 is 8.42 Å². The van der Waals surface area contributed by atoms with Crippen LogP contribution in [0.25, 0.3) is 10.9 Å². The van der Waals surface area contributed by atoms with Crippen LogP contribution >= 0.6 is 35.2 Å². The summed E-state index contributed by atoms with van der Waals surface area (Å²) < 4.78 is 27.2. The molecule has 2 N–H and O–H groups in total. The second-order valence-corrected chi connectivity index (χ2v) is 9.26. The predicted molar refractivity (Wildman–Crippen MR) is 109 cm³/mol. The smallest absolute Gasteiger partial charge is 0.273 e. The third-order valence-corrected chi connectivity index (χ3v) is 7.59. The van der Waals surface area contributed by atoms with Crippen molar-refractivity contribution in [1.29, 1.82) is 0 Å². The van der Waals surface area contributed by atoms with Gasteiger partial charge in [-0.05, 0) is 36.6 Å². The molecule has 0 spiro atoms. The van der Waals surface area contributed by atoms with Gasteiger partial charge >= 0.3 is 0 Å². The standard InChI is InChI=1S/C16H16ClN3O2S3/c1-3-18-16(23)12-9-10-11(17)6-7-13(15(10)19-12)20(2)25(21,22)14-5-4-8-24-14/h4-9,19H,3H2,1-2H3,(H,18,23). The van der Waals surface area contributed by atoms with Crippen LogP contribution in [-0.2, 0) is 10.0 Å². The third-order valence-electron chi connectivity index (χ3n) is 3.75. The molecule has 3 aromatic rings. The van der Waals surface area contributed by atoms with E-state index in [1.54, 1.807) is 29.6 Å². The molecule has 0 aliphatic carbocycles. The van der Waals surface area contributed by atoms with E-state index in [1.165, 1.54) is 22.7 Å². The van der Waals surface area contributed by atoms with Crippen LogP contribution in [0.4, 0.5) is 5.69 Å². The lowest BCUT2D eigenvalue weighted by Gasteiger charge is -2.19. The second kappa shape index (κ2) is 6.95. The number of nitrogens with one attached hydrogen (secondary N) is 2. The van der Waals surface area contributed by atoms with Crippen molar-refractivity contribution in [3.63, 3.8) is 0 Å². The van der Waals surface area contributed by atoms with Crippen molar-refractivity contribution in [2.75, 3.05) is 17.9 Å². The van der Waals surface area contributed by atoms with Gasteiger partial charge in [0.15, 0.2) is 0 Å². The fourth-order valence-corrected chi connectivity index (χ4v) is 5.32. The first-order valence-electron chi connectivity index (χ1n) is 7.48. The van der Waals surface area contributed by atoms with Crippen LogP contribution < -0.4 is 9.62 Å². The Hall–Kier alpha value is -1.61. The first-order chi connectivity index (χ1) is 11.9. The van der Waals surface area contributed by atoms with Crippen molar-refractivity contribution in [1.82, 2.24) is 10.3 Å². The maximum absolute atomic E-state index is 12.8. The summed E-state index contributed by atoms with van der Waals surface area (Å²) >= 11 is 12.8. The van der Waals surface area contributed by atoms with Crippen molar-refractivity contribution in [3.8, 4) is 0 Å². The Morgan fingerprint density at radius 2 is 2.16 bits per heavy atom. The predicted octanol–water partition coefficient (Wildman–Crippen LogP) is 3.99. The highest BCUT2D eigenvalue weighted by atomic mass is 35.5. The number of fused-ring (bicyclic) bond motifs is 1. The minimum absolute atomic E-state index is 0.285. The van der Waals surface area contributed by atoms with E-state index in [-0.39, 0.29) is 4.21 Å². The Morgan fingerprint density at radius 3 is 2.80 bits per heavy atom. The first-order valence-corrected chi connectivity index (χ1v) is 10.6. The van der Waals surface area contributed by atoms with Crippen LogP contribution in [0.5, 0.6) is 0 Å². The molecular weight excluding hydrogens is 398 g/mol. The number of aromatic amines is 1. The Morgan fingerprint density at radius 1 is 1.40 bits per heavy atom. The number of hydrogen-bond donors (Lipinski definition) is 2. The summed E-state index contributed by atoms with van der Waals surface area (Å²) in [5.74, 6) is 0. The van der Waals surface area contributed by atoms with E-state index in [4.69, 9.17) is 23.8 Å². The van der Waals surface area contributed by atoms with E-state index in [2.05, 4.69) is 10.3 Å². The number of rotatable bonds is 5. The van der Waals surface area contributed by atoms with Gasteiger partial charge in [0.05, 0.1) is 21.9 Å². The maximum Gasteiger partial charge on any atom is 0.273 e. The molecule has 25 heavy (non-hydrogen) atoms. The van der Waals surface area contributed by atoms with Crippen molar-refractivity contribution in [2.24, 2.45) is 0 Å². The number of thiocarbonyl (C=S) groups is 1. The molecule has 1 aromatic carbocycles. The van der Waals surface area contributed by atoms with Crippen molar-refractivity contribution in [3.05, 3.63) is 46.4 Å². The third kappa shape index (κ3) is 3.27. The van der Waals surface area contributed by atoms with Crippen LogP contribution in [0.15, 0.2) is 39.9 Å². The summed E-state index contributed by atoms with van der Waals surface area (Å²) in [6.45, 7) is 2.65. The number of H-pyrrole nitrogens is 1. The normalized spacial score (nSPS) is 11.6. The van der Waals surface area contributed by atoms with Crippen LogP contribution in [-0.4, -0.2) is 32.0 Å². The zero-order valence-corrected chi connectivity index (χ0v) is 16.7. The maximum atomic E-state index is 12.8. The average molecular weight is 414 g/mol. The number of hydrogen-bond acceptors (Lipinski definition) is 4. The zero-order valence-electron chi connectivity index (χ0n) is 13.5. The number of sulfonamides is 1. The van der Waals surface area contributed by atoms with Crippen LogP contribution in [0.2, 0.25) is 5.02 Å². The molecule has 0 saturated heterocycles. The monoisotopic (exact) mass is 413 g/mol. The Bertz CT molecular complexity index is 1030. The number of benzene rings is 1. The number of aromatic nitrogens is 1. The van der Waals surface area contributed by atoms with Crippen LogP contribution in [0.3, 0.4) is 0 Å². The molecule has 0 saturated carbocycles. The van der Waals surface area contributed by atoms with Gasteiger partial charge in [0.1, 0.15) is 9.20 Å². The van der Waals surface area contributed by atoms with E-state index >= 15 is 0 Å². The topological polar surface area (TPSA) is 65.2 Å². The van der Waals surface area contributed by atoms with Gasteiger partial charge in [-0.1, -0.05) is 29.9 Å². The second-order valence-electron chi connectivity index (χ2n) is 5.30. The molecule has 132 valence electrons. The lowest BCUT2D eigenvalue weighted by molar-refractivity contribution is 0.596. The highest BCUT2D eigenvalue weighted by Gasteiger charge is 2.25. The molecule has 3 rings (SSSR count). The van der Waals surface area contributed by atoms with Gasteiger partial charge in [0.2, 0.25) is 0 Å². The number of thiophene rings is 1. The minimum Gasteiger partial charge on any atom is -0.375 e. The van der Waals surface area contributed by atoms with Crippen molar-refractivity contribution >= 4 is 66.8 Å². The molecular formula is C16H16ClN3O2S3. The molecule has 0 aliphatic rings. The average Bonchev–Trinajstić information content (AvgIpc) is 3.25. The highest BCUT2D eigenvalue weighted by Crippen LogP contribution is 2.35. The molecule has 0 radical (unpaired) electrons. The first kappa shape index (κ1) is 18.2. The molecule has 5 nitrogen and oxygen atoms in total. The van der Waals surface area contributed by atoms with Gasteiger partial charge in [-0.25, -0.2) is 8.42 Å². The lowest BCUT2D eigenvalue weighted by Crippen LogP contribution is -2.26. The quantitative estimate of drug-likeness (QED) is 0.620. The summed E-state index contributed by atoms with van der Waals surface area (Å²) in [5.41, 5.74) is 1.84. The summed E-state index contributed by atoms with van der Waals surface area (Å²) in [7, 11) is -2.11. The Labute approximate surface area is 160 Å². The van der Waals surface area contributed by atoms with E-state index in [0.29, 0.717) is 33.5 Å². The largest absolute Gasteiger partial charge is 0.375 e. The summed E-state index contributed by atoms with van der Waals surface area (Å²) in [6.07, 6.45) is 0. The molecule has 0 fully saturated rings. The van der Waals surface area contributed by atoms with Gasteiger partial charge in [-0.15, -0.1) is 11.3 Å². The molecule has 0 bridgehead atoms. The molecule has 0 amide bonds. The van der Waals surface area contributed by atoms with Gasteiger partial charge in [-0.3, -0.25) is 4.31 Å². The molecule has 2 aromatic heterocycles. The number of nitrogens with zero attached hydrogens (tertiary/aromatic N) is 1. The molecule has 0 aliphatic heterocycles. The fraction of sp³-hybridized carbons (Fsp3) is 0.188. The summed E-state index contributed by atoms with van der Waals surface area (Å²) in [6, 6.07) is 8.51. The van der Waals surface area contributed by atoms with Crippen LogP contribution in [0, 0.1) is 0 Å². The van der Waals surface area contributed by atoms with Gasteiger partial charge < -0.3 is 10.3 Å². The molecule has 2 heterocycles. The lowest BCUT2D eigenvalue weighted by atomic mass is 10.2. The zero-order chi connectivity index (χ0) is 18.2. The summed E-state index contributed by atoms with van der Waals surface area (Å²) in [5, 5.41) is 6.06. The molecule has 0 atom stereocenters. The van der Waals surface area contributed by atoms with Gasteiger partial charge in [-0.2, -0.15) is 0 Å². The van der Waals surface area contributed by atoms with Gasteiger partial charge in [0, 0.05) is 19.0 Å². The van der Waals surface area contributed by atoms with Gasteiger partial charge in [0.25, 0.3) is 10.0 Å². The molecule has 9 heteroatoms. The fourth-order valence-electron chi connectivity index (χ4n) is 2.49. The molecule has 0 unspecified atom stereocenters. The Kier molecular flexibility index (Phi) is 5.06.